The van der Waals surface area contributed by atoms with Gasteiger partial charge in [0.05, 0.1) is 17.8 Å². The number of carbonyl (C=O) groups excluding carboxylic acids is 1. The van der Waals surface area contributed by atoms with E-state index < -0.39 is 0 Å². The molecule has 1 aromatic heterocycles. The highest BCUT2D eigenvalue weighted by Crippen LogP contribution is 2.34. The molecule has 0 radical (unpaired) electrons. The summed E-state index contributed by atoms with van der Waals surface area (Å²) in [5.41, 5.74) is 5.79. The second kappa shape index (κ2) is 17.2. The number of amides is 1. The van der Waals surface area contributed by atoms with E-state index in [0.717, 1.165) is 42.9 Å². The fourth-order valence-corrected chi connectivity index (χ4v) is 6.08. The van der Waals surface area contributed by atoms with Crippen LogP contribution >= 0.6 is 11.6 Å². The highest BCUT2D eigenvalue weighted by Gasteiger charge is 2.20. The Balaban J connectivity index is 0.935. The van der Waals surface area contributed by atoms with Crippen LogP contribution in [0.15, 0.2) is 109 Å². The number of pyridine rings is 1. The van der Waals surface area contributed by atoms with Crippen molar-refractivity contribution in [3.63, 3.8) is 0 Å². The van der Waals surface area contributed by atoms with Crippen molar-refractivity contribution < 1.29 is 23.4 Å². The first-order valence-corrected chi connectivity index (χ1v) is 17.4. The molecular weight excluding hydrogens is 665 g/mol. The monoisotopic (exact) mass is 705 g/mol. The van der Waals surface area contributed by atoms with Crippen molar-refractivity contribution in [2.75, 3.05) is 32.8 Å². The SMILES string of the molecule is Cc1ccc(OCCc2ccc(CN3CCN(C(=O)C=Cc4cc(C)c(Oc5ccc(OCc6ccccc6F)cn5)c(Cl)c4)CC3)cc2)cc1. The van der Waals surface area contributed by atoms with Crippen molar-refractivity contribution in [1.82, 2.24) is 14.8 Å². The van der Waals surface area contributed by atoms with E-state index >= 15 is 0 Å². The summed E-state index contributed by atoms with van der Waals surface area (Å²) in [6.45, 7) is 8.52. The third-order valence-electron chi connectivity index (χ3n) is 8.73. The van der Waals surface area contributed by atoms with Crippen molar-refractivity contribution >= 4 is 23.6 Å². The quantitative estimate of drug-likeness (QED) is 0.114. The van der Waals surface area contributed by atoms with E-state index in [9.17, 15) is 9.18 Å². The molecule has 0 spiro atoms. The fourth-order valence-electron chi connectivity index (χ4n) is 5.77. The summed E-state index contributed by atoms with van der Waals surface area (Å²) in [5, 5.41) is 0.404. The Bertz CT molecular complexity index is 1920. The zero-order valence-corrected chi connectivity index (χ0v) is 29.6. The van der Waals surface area contributed by atoms with Gasteiger partial charge in [0.1, 0.15) is 23.9 Å². The number of aromatic nitrogens is 1. The summed E-state index contributed by atoms with van der Waals surface area (Å²) in [6.07, 6.45) is 5.76. The van der Waals surface area contributed by atoms with Gasteiger partial charge >= 0.3 is 0 Å². The Hall–Kier alpha value is -5.18. The van der Waals surface area contributed by atoms with Crippen LogP contribution in [0.25, 0.3) is 6.08 Å². The van der Waals surface area contributed by atoms with Crippen LogP contribution in [0.2, 0.25) is 5.02 Å². The maximum absolute atomic E-state index is 13.9. The molecule has 4 aromatic carbocycles. The molecule has 0 bridgehead atoms. The molecule has 5 aromatic rings. The van der Waals surface area contributed by atoms with E-state index in [1.807, 2.05) is 30.0 Å². The molecule has 0 aliphatic carbocycles. The second-order valence-corrected chi connectivity index (χ2v) is 13.0. The summed E-state index contributed by atoms with van der Waals surface area (Å²) in [4.78, 5) is 21.6. The molecule has 262 valence electrons. The third kappa shape index (κ3) is 10.2. The molecule has 1 aliphatic rings. The van der Waals surface area contributed by atoms with Crippen LogP contribution in [-0.2, 0) is 24.4 Å². The standard InChI is InChI=1S/C42H41ClFN3O4/c1-30-7-14-36(15-8-30)49-24-19-32-9-11-33(12-10-32)28-46-20-22-47(23-21-46)41(48)18-13-34-25-31(2)42(38(43)26-34)51-40-17-16-37(27-45-40)50-29-35-5-3-4-6-39(35)44/h3-18,25-27H,19-24,28-29H2,1-2H3. The lowest BCUT2D eigenvalue weighted by Crippen LogP contribution is -2.47. The van der Waals surface area contributed by atoms with Gasteiger partial charge in [-0.25, -0.2) is 9.37 Å². The number of ether oxygens (including phenoxy) is 3. The minimum absolute atomic E-state index is 0.0255. The van der Waals surface area contributed by atoms with Gasteiger partial charge in [-0.2, -0.15) is 0 Å². The number of benzene rings is 4. The topological polar surface area (TPSA) is 64.1 Å². The maximum Gasteiger partial charge on any atom is 0.246 e. The Morgan fingerprint density at radius 1 is 0.863 bits per heavy atom. The normalized spacial score (nSPS) is 13.4. The van der Waals surface area contributed by atoms with Gasteiger partial charge < -0.3 is 19.1 Å². The summed E-state index contributed by atoms with van der Waals surface area (Å²) >= 11 is 6.60. The summed E-state index contributed by atoms with van der Waals surface area (Å²) in [6, 6.07) is 30.4. The van der Waals surface area contributed by atoms with Gasteiger partial charge in [-0.1, -0.05) is 71.8 Å². The van der Waals surface area contributed by atoms with Crippen molar-refractivity contribution in [2.24, 2.45) is 0 Å². The van der Waals surface area contributed by atoms with Crippen LogP contribution in [-0.4, -0.2) is 53.5 Å². The van der Waals surface area contributed by atoms with Crippen molar-refractivity contribution in [3.05, 3.63) is 154 Å². The minimum Gasteiger partial charge on any atom is -0.493 e. The first kappa shape index (κ1) is 35.6. The summed E-state index contributed by atoms with van der Waals surface area (Å²) in [5.74, 6) is 1.86. The highest BCUT2D eigenvalue weighted by molar-refractivity contribution is 6.32. The van der Waals surface area contributed by atoms with Crippen molar-refractivity contribution in [2.45, 2.75) is 33.4 Å². The van der Waals surface area contributed by atoms with Gasteiger partial charge in [0.25, 0.3) is 0 Å². The minimum atomic E-state index is -0.317. The van der Waals surface area contributed by atoms with Crippen LogP contribution < -0.4 is 14.2 Å². The molecule has 0 N–H and O–H groups in total. The number of piperazine rings is 1. The van der Waals surface area contributed by atoms with E-state index in [1.165, 1.54) is 29.0 Å². The number of halogens is 2. The smallest absolute Gasteiger partial charge is 0.246 e. The molecule has 2 heterocycles. The molecule has 7 nitrogen and oxygen atoms in total. The number of aryl methyl sites for hydroxylation is 2. The van der Waals surface area contributed by atoms with Gasteiger partial charge in [0, 0.05) is 56.9 Å². The number of nitrogens with zero attached hydrogens (tertiary/aromatic N) is 3. The van der Waals surface area contributed by atoms with E-state index in [0.29, 0.717) is 47.7 Å². The van der Waals surface area contributed by atoms with E-state index in [4.69, 9.17) is 25.8 Å². The molecule has 0 atom stereocenters. The average molecular weight is 706 g/mol. The largest absolute Gasteiger partial charge is 0.493 e. The second-order valence-electron chi connectivity index (χ2n) is 12.6. The van der Waals surface area contributed by atoms with Gasteiger partial charge in [0.2, 0.25) is 11.8 Å². The Morgan fingerprint density at radius 2 is 1.59 bits per heavy atom. The maximum atomic E-state index is 13.9. The zero-order valence-electron chi connectivity index (χ0n) is 28.9. The Kier molecular flexibility index (Phi) is 12.0. The Morgan fingerprint density at radius 3 is 2.29 bits per heavy atom. The fraction of sp³-hybridized carbons (Fsp3) is 0.238. The van der Waals surface area contributed by atoms with E-state index in [2.05, 4.69) is 53.2 Å². The molecule has 1 saturated heterocycles. The van der Waals surface area contributed by atoms with Crippen LogP contribution in [0, 0.1) is 19.7 Å². The lowest BCUT2D eigenvalue weighted by Gasteiger charge is -2.34. The van der Waals surface area contributed by atoms with E-state index in [-0.39, 0.29) is 18.3 Å². The zero-order chi connectivity index (χ0) is 35.6. The molecule has 6 rings (SSSR count). The predicted molar refractivity (Wildman–Crippen MR) is 199 cm³/mol. The van der Waals surface area contributed by atoms with Gasteiger partial charge in [-0.05, 0) is 78.6 Å². The predicted octanol–water partition coefficient (Wildman–Crippen LogP) is 8.84. The first-order chi connectivity index (χ1) is 24.8. The van der Waals surface area contributed by atoms with Gasteiger partial charge in [-0.3, -0.25) is 9.69 Å². The molecular formula is C42H41ClFN3O4. The highest BCUT2D eigenvalue weighted by atomic mass is 35.5. The van der Waals surface area contributed by atoms with Crippen LogP contribution in [0.1, 0.15) is 33.4 Å². The Labute approximate surface area is 303 Å². The molecule has 0 unspecified atom stereocenters. The molecule has 51 heavy (non-hydrogen) atoms. The summed E-state index contributed by atoms with van der Waals surface area (Å²) in [7, 11) is 0. The number of carbonyl (C=O) groups is 1. The van der Waals surface area contributed by atoms with E-state index in [1.54, 1.807) is 48.6 Å². The number of rotatable bonds is 13. The molecule has 1 amide bonds. The van der Waals surface area contributed by atoms with Crippen LogP contribution in [0.5, 0.6) is 23.1 Å². The van der Waals surface area contributed by atoms with Crippen LogP contribution in [0.3, 0.4) is 0 Å². The van der Waals surface area contributed by atoms with Gasteiger partial charge in [-0.15, -0.1) is 0 Å². The molecule has 0 saturated carbocycles. The molecule has 1 fully saturated rings. The molecule has 9 heteroatoms. The number of hydrogen-bond acceptors (Lipinski definition) is 6. The lowest BCUT2D eigenvalue weighted by molar-refractivity contribution is -0.127. The van der Waals surface area contributed by atoms with Crippen molar-refractivity contribution in [3.8, 4) is 23.1 Å². The first-order valence-electron chi connectivity index (χ1n) is 17.1. The third-order valence-corrected chi connectivity index (χ3v) is 9.01. The average Bonchev–Trinajstić information content (AvgIpc) is 3.14. The molecule has 1 aliphatic heterocycles. The summed E-state index contributed by atoms with van der Waals surface area (Å²) < 4.78 is 31.4. The van der Waals surface area contributed by atoms with Crippen molar-refractivity contribution in [1.29, 1.82) is 0 Å². The number of hydrogen-bond donors (Lipinski definition) is 0. The van der Waals surface area contributed by atoms with Gasteiger partial charge in [0.15, 0.2) is 5.75 Å². The van der Waals surface area contributed by atoms with Crippen LogP contribution in [0.4, 0.5) is 4.39 Å². The lowest BCUT2D eigenvalue weighted by atomic mass is 10.1.